The fraction of sp³-hybridized carbons (Fsp3) is 0.356. The first kappa shape index (κ1) is 55.7. The predicted molar refractivity (Wildman–Crippen MR) is 297 cm³/mol. The summed E-state index contributed by atoms with van der Waals surface area (Å²) in [5.41, 5.74) is -1.65. The van der Waals surface area contributed by atoms with Crippen LogP contribution >= 0.6 is 8.17 Å². The van der Waals surface area contributed by atoms with Gasteiger partial charge in [-0.2, -0.15) is 13.6 Å². The van der Waals surface area contributed by atoms with Crippen molar-refractivity contribution in [3.8, 4) is 11.5 Å². The fourth-order valence-electron chi connectivity index (χ4n) is 11.7. The fourth-order valence-corrected chi connectivity index (χ4v) is 18.0. The zero-order valence-electron chi connectivity index (χ0n) is 45.0. The Labute approximate surface area is 458 Å². The molecular weight excluding hydrogens is 1050 g/mol. The van der Waals surface area contributed by atoms with Gasteiger partial charge in [0, 0.05) is 42.8 Å². The van der Waals surface area contributed by atoms with Crippen molar-refractivity contribution in [2.75, 3.05) is 20.8 Å². The number of aliphatic hydroxyl groups excluding tert-OH is 1. The standard InChI is InChI=1S/C59H65N4O14PSi/c1-37-35-62(56(67)60-54(37)65)49-33-47(52(74-49)53(64)59(39-17-11-8-12-18-39,40-23-27-42(70-6)28-24-40)41-25-29-43(71-7)30-26-41)76-78(69)72-32-31-46(75-78)51-48(34-50(73-51)63-36-38(2)55(66)61-57(63)68)77-79(58(3,4)5,44-19-13-9-14-20-44)45-21-15-10-16-22-45/h8-30,35-36,46-53,64H,31-34H2,1-7H3,(H,60,65,67)(H,61,66,68)/t46-,47-,48-,49+,50+,51+,52-,53?,78?/m0/s1. The van der Waals surface area contributed by atoms with Gasteiger partial charge < -0.3 is 33.4 Å². The van der Waals surface area contributed by atoms with Gasteiger partial charge in [0.2, 0.25) is 0 Å². The Bertz CT molecular complexity index is 3400. The van der Waals surface area contributed by atoms with Crippen LogP contribution < -0.4 is 47.2 Å². The summed E-state index contributed by atoms with van der Waals surface area (Å²) < 4.78 is 54.6. The van der Waals surface area contributed by atoms with Gasteiger partial charge in [-0.25, -0.2) is 9.59 Å². The van der Waals surface area contributed by atoms with Gasteiger partial charge in [0.1, 0.15) is 54.5 Å². The molecule has 0 bridgehead atoms. The van der Waals surface area contributed by atoms with Crippen molar-refractivity contribution < 1.29 is 46.9 Å². The number of H-pyrrole nitrogens is 2. The van der Waals surface area contributed by atoms with Crippen LogP contribution in [0.2, 0.25) is 5.04 Å². The summed E-state index contributed by atoms with van der Waals surface area (Å²) in [6, 6.07) is 44.0. The van der Waals surface area contributed by atoms with Crippen LogP contribution in [0.15, 0.2) is 171 Å². The van der Waals surface area contributed by atoms with Crippen molar-refractivity contribution in [1.82, 2.24) is 19.1 Å². The molecule has 3 fully saturated rings. The van der Waals surface area contributed by atoms with Crippen molar-refractivity contribution >= 4 is 26.9 Å². The van der Waals surface area contributed by atoms with E-state index in [1.807, 2.05) is 91.0 Å². The molecule has 0 saturated carbocycles. The Morgan fingerprint density at radius 3 is 1.59 bits per heavy atom. The van der Waals surface area contributed by atoms with Gasteiger partial charge in [0.05, 0.1) is 32.3 Å². The molecule has 79 heavy (non-hydrogen) atoms. The van der Waals surface area contributed by atoms with Crippen LogP contribution in [0.4, 0.5) is 0 Å². The molecule has 3 N–H and O–H groups in total. The quantitative estimate of drug-likeness (QED) is 0.0585. The van der Waals surface area contributed by atoms with Crippen LogP contribution in [-0.4, -0.2) is 90.0 Å². The number of nitrogens with zero attached hydrogens (tertiary/aromatic N) is 2. The second-order valence-electron chi connectivity index (χ2n) is 21.3. The molecule has 18 nitrogen and oxygen atoms in total. The van der Waals surface area contributed by atoms with E-state index in [-0.39, 0.29) is 31.4 Å². The van der Waals surface area contributed by atoms with E-state index < -0.39 is 98.5 Å². The van der Waals surface area contributed by atoms with Crippen molar-refractivity contribution in [1.29, 1.82) is 0 Å². The van der Waals surface area contributed by atoms with Crippen LogP contribution in [0.1, 0.15) is 80.3 Å². The van der Waals surface area contributed by atoms with Gasteiger partial charge in [-0.3, -0.25) is 28.7 Å². The highest BCUT2D eigenvalue weighted by molar-refractivity contribution is 7.54. The summed E-state index contributed by atoms with van der Waals surface area (Å²) in [5.74, 6) is 1.14. The van der Waals surface area contributed by atoms with E-state index in [9.17, 15) is 24.3 Å². The van der Waals surface area contributed by atoms with Gasteiger partial charge in [-0.1, -0.05) is 136 Å². The van der Waals surface area contributed by atoms with Crippen LogP contribution in [0.3, 0.4) is 0 Å². The van der Waals surface area contributed by atoms with E-state index in [2.05, 4.69) is 55.0 Å². The van der Waals surface area contributed by atoms with Crippen LogP contribution in [0, 0.1) is 13.8 Å². The third-order valence-corrected chi connectivity index (χ3v) is 22.1. The number of hydrogen-bond donors (Lipinski definition) is 3. The number of aromatic nitrogens is 4. The second-order valence-corrected chi connectivity index (χ2v) is 27.1. The number of benzene rings is 5. The van der Waals surface area contributed by atoms with E-state index in [4.69, 9.17) is 36.9 Å². The van der Waals surface area contributed by atoms with E-state index >= 15 is 4.89 Å². The summed E-state index contributed by atoms with van der Waals surface area (Å²) >= 11 is 0. The number of rotatable bonds is 16. The molecule has 3 aliphatic rings. The number of methoxy groups -OCH3 is 2. The van der Waals surface area contributed by atoms with E-state index in [0.717, 1.165) is 10.4 Å². The molecule has 9 atom stereocenters. The lowest BCUT2D eigenvalue weighted by molar-refractivity contribution is -0.274. The maximum Gasteiger partial charge on any atom is 0.380 e. The molecule has 20 heteroatoms. The number of hydrogen-bond acceptors (Lipinski definition) is 14. The molecule has 2 aromatic heterocycles. The summed E-state index contributed by atoms with van der Waals surface area (Å²) in [6.07, 6.45) is -6.39. The highest BCUT2D eigenvalue weighted by Crippen LogP contribution is 2.62. The minimum atomic E-state index is -4.74. The SMILES string of the molecule is COc1ccc(C(c2ccccc2)(c2ccc(OC)cc2)C(O)[C@H]2O[C@@H](n3cc(C)c(=O)[nH]c3=O)C[C@@H]2O[P+]2([O-])OCC[C@@H]([C@H]3O[C@@H](n4cc(C)c(=O)[nH]c4=O)C[C@@H]3O[Si](c3ccccc3)(c3ccccc3)C(C)(C)C)O2)cc1. The van der Waals surface area contributed by atoms with Crippen LogP contribution in [0.25, 0.3) is 0 Å². The molecule has 3 aliphatic heterocycles. The average molecular weight is 1110 g/mol. The minimum absolute atomic E-state index is 0.129. The number of aromatic amines is 2. The lowest BCUT2D eigenvalue weighted by atomic mass is 9.64. The normalized spacial score (nSPS) is 24.0. The third-order valence-electron chi connectivity index (χ3n) is 15.5. The maximum atomic E-state index is 15.7. The predicted octanol–water partition coefficient (Wildman–Crippen LogP) is 5.87. The lowest BCUT2D eigenvalue weighted by Gasteiger charge is -2.46. The van der Waals surface area contributed by atoms with Gasteiger partial charge in [0.25, 0.3) is 19.4 Å². The largest absolute Gasteiger partial charge is 0.606 e. The first-order chi connectivity index (χ1) is 37.9. The Balaban J connectivity index is 1.07. The molecule has 0 radical (unpaired) electrons. The van der Waals surface area contributed by atoms with Crippen molar-refractivity contribution in [3.63, 3.8) is 0 Å². The van der Waals surface area contributed by atoms with Crippen molar-refractivity contribution in [2.45, 2.75) is 113 Å². The monoisotopic (exact) mass is 1110 g/mol. The zero-order valence-corrected chi connectivity index (χ0v) is 46.9. The summed E-state index contributed by atoms with van der Waals surface area (Å²) in [5, 5.41) is 15.1. The van der Waals surface area contributed by atoms with E-state index in [1.54, 1.807) is 52.3 Å². The molecule has 414 valence electrons. The topological polar surface area (TPSA) is 227 Å². The Morgan fingerprint density at radius 2 is 1.11 bits per heavy atom. The van der Waals surface area contributed by atoms with Gasteiger partial charge >= 0.3 is 19.5 Å². The maximum absolute atomic E-state index is 15.7. The van der Waals surface area contributed by atoms with Crippen LogP contribution in [-0.2, 0) is 32.9 Å². The number of phosphoric ester groups is 1. The molecule has 0 spiro atoms. The first-order valence-electron chi connectivity index (χ1n) is 26.3. The zero-order chi connectivity index (χ0) is 55.9. The van der Waals surface area contributed by atoms with Gasteiger partial charge in [-0.05, 0) is 70.2 Å². The van der Waals surface area contributed by atoms with Crippen LogP contribution in [0.5, 0.6) is 11.5 Å². The van der Waals surface area contributed by atoms with E-state index in [1.165, 1.54) is 21.5 Å². The van der Waals surface area contributed by atoms with Crippen molar-refractivity contribution in [3.05, 3.63) is 221 Å². The summed E-state index contributed by atoms with van der Waals surface area (Å²) in [6.45, 7) is 9.44. The molecule has 0 aliphatic carbocycles. The number of phosphoric acid groups is 1. The van der Waals surface area contributed by atoms with Gasteiger partial charge in [0.15, 0.2) is 0 Å². The first-order valence-corrected chi connectivity index (χ1v) is 29.6. The van der Waals surface area contributed by atoms with E-state index in [0.29, 0.717) is 33.8 Å². The summed E-state index contributed by atoms with van der Waals surface area (Å²) in [7, 11) is -4.97. The Hall–Kier alpha value is -6.61. The number of nitrogens with one attached hydrogen (secondary N) is 2. The number of ether oxygens (including phenoxy) is 4. The highest BCUT2D eigenvalue weighted by Gasteiger charge is 2.60. The number of aliphatic hydroxyl groups is 1. The number of aryl methyl sites for hydroxylation is 2. The molecular formula is C59H65N4O14PSi. The highest BCUT2D eigenvalue weighted by atomic mass is 31.2. The average Bonchev–Trinajstić information content (AvgIpc) is 4.29. The Kier molecular flexibility index (Phi) is 15.9. The Morgan fingerprint density at radius 1 is 0.658 bits per heavy atom. The molecule has 7 aromatic rings. The molecule has 5 aromatic carbocycles. The second kappa shape index (κ2) is 22.5. The van der Waals surface area contributed by atoms with Gasteiger partial charge in [-0.15, -0.1) is 0 Å². The molecule has 0 amide bonds. The van der Waals surface area contributed by atoms with Crippen molar-refractivity contribution in [2.24, 2.45) is 0 Å². The molecule has 2 unspecified atom stereocenters. The third kappa shape index (κ3) is 10.6. The smallest absolute Gasteiger partial charge is 0.380 e. The molecule has 10 rings (SSSR count). The minimum Gasteiger partial charge on any atom is -0.606 e. The summed E-state index contributed by atoms with van der Waals surface area (Å²) in [4.78, 5) is 73.1. The molecule has 3 saturated heterocycles. The molecule has 5 heterocycles. The lowest BCUT2D eigenvalue weighted by Crippen LogP contribution is -2.68.